The van der Waals surface area contributed by atoms with Gasteiger partial charge in [-0.15, -0.1) is 5.10 Å². The van der Waals surface area contributed by atoms with Crippen LogP contribution >= 0.6 is 0 Å². The normalized spacial score (nSPS) is 11.3. The minimum absolute atomic E-state index is 0.190. The van der Waals surface area contributed by atoms with Crippen LogP contribution in [-0.2, 0) is 24.1 Å². The van der Waals surface area contributed by atoms with Crippen LogP contribution in [0.15, 0.2) is 48.5 Å². The Morgan fingerprint density at radius 1 is 1.00 bits per heavy atom. The van der Waals surface area contributed by atoms with Crippen molar-refractivity contribution in [3.8, 4) is 17.3 Å². The second-order valence-electron chi connectivity index (χ2n) is 5.52. The number of nitriles is 1. The molecule has 0 atom stereocenters. The van der Waals surface area contributed by atoms with Gasteiger partial charge in [-0.1, -0.05) is 30.3 Å². The van der Waals surface area contributed by atoms with Gasteiger partial charge in [-0.2, -0.15) is 28.7 Å². The molecule has 0 saturated heterocycles. The maximum Gasteiger partial charge on any atom is 0.416 e. The number of alkyl halides is 3. The average Bonchev–Trinajstić information content (AvgIpc) is 3.10. The van der Waals surface area contributed by atoms with Crippen molar-refractivity contribution in [2.45, 2.75) is 19.4 Å². The summed E-state index contributed by atoms with van der Waals surface area (Å²) in [6.07, 6.45) is -4.34. The van der Waals surface area contributed by atoms with Crippen molar-refractivity contribution in [2.24, 2.45) is 0 Å². The number of nitrogens with one attached hydrogen (secondary N) is 1. The molecule has 3 rings (SSSR count). The highest BCUT2D eigenvalue weighted by atomic mass is 19.4. The molecule has 0 amide bonds. The standard InChI is InChI=1S/C18H13F3N4O/c19-18(20,21)15-6-4-12(5-7-15)10-26-11-13-2-1-3-14(8-13)17-16(9-22)23-25-24-17/h1-8H,10-11H2,(H,23,24,25). The number of hydrogen-bond acceptors (Lipinski definition) is 4. The largest absolute Gasteiger partial charge is 0.416 e. The molecule has 0 aliphatic rings. The predicted octanol–water partition coefficient (Wildman–Crippen LogP) is 4.08. The van der Waals surface area contributed by atoms with Crippen molar-refractivity contribution < 1.29 is 17.9 Å². The molecule has 5 nitrogen and oxygen atoms in total. The molecule has 0 aliphatic heterocycles. The minimum Gasteiger partial charge on any atom is -0.372 e. The fraction of sp³-hybridized carbons (Fsp3) is 0.167. The first kappa shape index (κ1) is 17.6. The lowest BCUT2D eigenvalue weighted by Crippen LogP contribution is -2.04. The number of ether oxygens (including phenoxy) is 1. The maximum absolute atomic E-state index is 12.5. The van der Waals surface area contributed by atoms with Crippen LogP contribution in [0.1, 0.15) is 22.4 Å². The zero-order valence-corrected chi connectivity index (χ0v) is 13.4. The molecule has 8 heteroatoms. The first-order chi connectivity index (χ1) is 12.5. The van der Waals surface area contributed by atoms with Crippen molar-refractivity contribution in [3.63, 3.8) is 0 Å². The fourth-order valence-electron chi connectivity index (χ4n) is 2.40. The molecule has 0 bridgehead atoms. The summed E-state index contributed by atoms with van der Waals surface area (Å²) in [4.78, 5) is 0. The van der Waals surface area contributed by atoms with Crippen molar-refractivity contribution in [1.82, 2.24) is 15.4 Å². The van der Waals surface area contributed by atoms with Gasteiger partial charge in [-0.3, -0.25) is 0 Å². The van der Waals surface area contributed by atoms with E-state index in [1.54, 1.807) is 6.07 Å². The zero-order chi connectivity index (χ0) is 18.6. The van der Waals surface area contributed by atoms with E-state index < -0.39 is 11.7 Å². The fourth-order valence-corrected chi connectivity index (χ4v) is 2.40. The number of rotatable bonds is 5. The Labute approximate surface area is 147 Å². The molecule has 132 valence electrons. The van der Waals surface area contributed by atoms with Gasteiger partial charge in [-0.25, -0.2) is 0 Å². The summed E-state index contributed by atoms with van der Waals surface area (Å²) >= 11 is 0. The van der Waals surface area contributed by atoms with Crippen LogP contribution < -0.4 is 0 Å². The summed E-state index contributed by atoms with van der Waals surface area (Å²) < 4.78 is 43.2. The molecule has 26 heavy (non-hydrogen) atoms. The molecule has 1 aromatic heterocycles. The second-order valence-corrected chi connectivity index (χ2v) is 5.52. The van der Waals surface area contributed by atoms with Gasteiger partial charge < -0.3 is 4.74 Å². The van der Waals surface area contributed by atoms with Crippen LogP contribution in [0.3, 0.4) is 0 Å². The monoisotopic (exact) mass is 358 g/mol. The van der Waals surface area contributed by atoms with Crippen LogP contribution in [-0.4, -0.2) is 15.4 Å². The molecule has 3 aromatic rings. The molecule has 1 N–H and O–H groups in total. The number of halogens is 3. The van der Waals surface area contributed by atoms with Crippen molar-refractivity contribution in [3.05, 3.63) is 70.9 Å². The molecule has 0 saturated carbocycles. The predicted molar refractivity (Wildman–Crippen MR) is 86.5 cm³/mol. The van der Waals surface area contributed by atoms with E-state index >= 15 is 0 Å². The Bertz CT molecular complexity index is 927. The molecule has 0 unspecified atom stereocenters. The zero-order valence-electron chi connectivity index (χ0n) is 13.4. The van der Waals surface area contributed by atoms with Crippen molar-refractivity contribution >= 4 is 0 Å². The first-order valence-corrected chi connectivity index (χ1v) is 7.61. The molecule has 0 fully saturated rings. The highest BCUT2D eigenvalue weighted by molar-refractivity contribution is 5.64. The van der Waals surface area contributed by atoms with E-state index in [0.717, 1.165) is 23.3 Å². The van der Waals surface area contributed by atoms with Crippen molar-refractivity contribution in [2.75, 3.05) is 0 Å². The molecular formula is C18H13F3N4O. The Balaban J connectivity index is 1.62. The van der Waals surface area contributed by atoms with Crippen molar-refractivity contribution in [1.29, 1.82) is 5.26 Å². The molecule has 0 spiro atoms. The molecule has 2 aromatic carbocycles. The lowest BCUT2D eigenvalue weighted by molar-refractivity contribution is -0.137. The summed E-state index contributed by atoms with van der Waals surface area (Å²) in [5.74, 6) is 0. The van der Waals surface area contributed by atoms with E-state index in [2.05, 4.69) is 15.4 Å². The summed E-state index contributed by atoms with van der Waals surface area (Å²) in [7, 11) is 0. The number of nitrogens with zero attached hydrogens (tertiary/aromatic N) is 3. The quantitative estimate of drug-likeness (QED) is 0.746. The SMILES string of the molecule is N#Cc1n[nH]nc1-c1cccc(COCc2ccc(C(F)(F)F)cc2)c1. The smallest absolute Gasteiger partial charge is 0.372 e. The summed E-state index contributed by atoms with van der Waals surface area (Å²) in [5.41, 5.74) is 2.20. The van der Waals surface area contributed by atoms with E-state index in [1.807, 2.05) is 24.3 Å². The molecule has 0 radical (unpaired) electrons. The van der Waals surface area contributed by atoms with E-state index in [9.17, 15) is 13.2 Å². The molecule has 1 heterocycles. The topological polar surface area (TPSA) is 74.6 Å². The van der Waals surface area contributed by atoms with Crippen LogP contribution in [0, 0.1) is 11.3 Å². The third-order valence-electron chi connectivity index (χ3n) is 3.67. The van der Waals surface area contributed by atoms with Gasteiger partial charge in [0.15, 0.2) is 5.69 Å². The van der Waals surface area contributed by atoms with Gasteiger partial charge in [0.1, 0.15) is 11.8 Å². The summed E-state index contributed by atoms with van der Waals surface area (Å²) in [5, 5.41) is 19.1. The Hall–Kier alpha value is -3.18. The van der Waals surface area contributed by atoms with Crippen LogP contribution in [0.5, 0.6) is 0 Å². The van der Waals surface area contributed by atoms with Gasteiger partial charge in [-0.05, 0) is 29.3 Å². The van der Waals surface area contributed by atoms with Gasteiger partial charge in [0.05, 0.1) is 18.8 Å². The third kappa shape index (κ3) is 4.07. The maximum atomic E-state index is 12.5. The van der Waals surface area contributed by atoms with E-state index in [1.165, 1.54) is 12.1 Å². The third-order valence-corrected chi connectivity index (χ3v) is 3.67. The molecule has 0 aliphatic carbocycles. The van der Waals surface area contributed by atoms with Crippen LogP contribution in [0.25, 0.3) is 11.3 Å². The van der Waals surface area contributed by atoms with Gasteiger partial charge >= 0.3 is 6.18 Å². The lowest BCUT2D eigenvalue weighted by atomic mass is 10.1. The lowest BCUT2D eigenvalue weighted by Gasteiger charge is -2.09. The second kappa shape index (κ2) is 7.37. The van der Waals surface area contributed by atoms with Crippen LogP contribution in [0.4, 0.5) is 13.2 Å². The van der Waals surface area contributed by atoms with Gasteiger partial charge in [0.25, 0.3) is 0 Å². The van der Waals surface area contributed by atoms with Gasteiger partial charge in [0, 0.05) is 5.56 Å². The average molecular weight is 358 g/mol. The minimum atomic E-state index is -4.34. The Morgan fingerprint density at radius 2 is 1.73 bits per heavy atom. The van der Waals surface area contributed by atoms with Crippen LogP contribution in [0.2, 0.25) is 0 Å². The first-order valence-electron chi connectivity index (χ1n) is 7.61. The van der Waals surface area contributed by atoms with Gasteiger partial charge in [0.2, 0.25) is 0 Å². The number of H-pyrrole nitrogens is 1. The summed E-state index contributed by atoms with van der Waals surface area (Å²) in [6.45, 7) is 0.463. The van der Waals surface area contributed by atoms with E-state index in [-0.39, 0.29) is 18.9 Å². The number of benzene rings is 2. The highest BCUT2D eigenvalue weighted by Crippen LogP contribution is 2.29. The number of aromatic amines is 1. The number of hydrogen-bond donors (Lipinski definition) is 1. The summed E-state index contributed by atoms with van der Waals surface area (Å²) in [6, 6.07) is 14.1. The Kier molecular flexibility index (Phi) is 5.00. The van der Waals surface area contributed by atoms with E-state index in [0.29, 0.717) is 11.3 Å². The Morgan fingerprint density at radius 3 is 2.42 bits per heavy atom. The number of aromatic nitrogens is 3. The van der Waals surface area contributed by atoms with E-state index in [4.69, 9.17) is 10.00 Å². The molecular weight excluding hydrogens is 345 g/mol. The highest BCUT2D eigenvalue weighted by Gasteiger charge is 2.29.